The average Bonchev–Trinajstić information content (AvgIpc) is 2.40. The van der Waals surface area contributed by atoms with Crippen LogP contribution in [-0.2, 0) is 9.84 Å². The maximum Gasteiger partial charge on any atom is 0.255 e. The Balaban J connectivity index is 2.15. The molecule has 1 amide bonds. The van der Waals surface area contributed by atoms with Gasteiger partial charge in [0.25, 0.3) is 5.91 Å². The Labute approximate surface area is 125 Å². The van der Waals surface area contributed by atoms with Crippen LogP contribution in [0.1, 0.15) is 10.4 Å². The van der Waals surface area contributed by atoms with E-state index in [2.05, 4.69) is 26.2 Å². The van der Waals surface area contributed by atoms with Crippen LogP contribution >= 0.6 is 15.9 Å². The van der Waals surface area contributed by atoms with E-state index in [0.717, 1.165) is 6.26 Å². The fourth-order valence-electron chi connectivity index (χ4n) is 1.51. The first-order chi connectivity index (χ1) is 9.36. The highest BCUT2D eigenvalue weighted by Crippen LogP contribution is 2.14. The molecule has 1 aromatic carbocycles. The Kier molecular flexibility index (Phi) is 4.20. The van der Waals surface area contributed by atoms with E-state index in [1.165, 1.54) is 30.5 Å². The first kappa shape index (κ1) is 14.7. The summed E-state index contributed by atoms with van der Waals surface area (Å²) in [5.74, 6) is -0.325. The summed E-state index contributed by atoms with van der Waals surface area (Å²) in [4.78, 5) is 16.1. The number of sulfone groups is 1. The van der Waals surface area contributed by atoms with Gasteiger partial charge in [0.05, 0.1) is 16.8 Å². The van der Waals surface area contributed by atoms with Crippen molar-refractivity contribution in [2.75, 3.05) is 11.6 Å². The molecule has 0 aliphatic carbocycles. The zero-order valence-electron chi connectivity index (χ0n) is 10.5. The van der Waals surface area contributed by atoms with E-state index < -0.39 is 9.84 Å². The van der Waals surface area contributed by atoms with Crippen molar-refractivity contribution in [1.29, 1.82) is 0 Å². The lowest BCUT2D eigenvalue weighted by atomic mass is 10.2. The van der Waals surface area contributed by atoms with Crippen molar-refractivity contribution in [3.63, 3.8) is 0 Å². The topological polar surface area (TPSA) is 76.1 Å². The maximum absolute atomic E-state index is 12.0. The molecule has 2 rings (SSSR count). The molecule has 0 saturated heterocycles. The molecule has 7 heteroatoms. The number of hydrogen-bond acceptors (Lipinski definition) is 4. The van der Waals surface area contributed by atoms with Crippen LogP contribution in [0.4, 0.5) is 5.69 Å². The standard InChI is InChI=1S/C13H11BrN2O3S/c1-20(18,19)11-5-2-9(3-6-11)13(17)16-10-4-7-12(14)15-8-10/h2-8H,1H3,(H,16,17). The zero-order chi connectivity index (χ0) is 14.8. The number of halogens is 1. The normalized spacial score (nSPS) is 11.1. The van der Waals surface area contributed by atoms with Crippen LogP contribution < -0.4 is 5.32 Å². The smallest absolute Gasteiger partial charge is 0.255 e. The van der Waals surface area contributed by atoms with Crippen LogP contribution in [0.2, 0.25) is 0 Å². The van der Waals surface area contributed by atoms with Crippen LogP contribution in [0, 0.1) is 0 Å². The van der Waals surface area contributed by atoms with Crippen molar-refractivity contribution >= 4 is 37.4 Å². The molecule has 104 valence electrons. The number of nitrogens with zero attached hydrogens (tertiary/aromatic N) is 1. The number of carbonyl (C=O) groups excluding carboxylic acids is 1. The Morgan fingerprint density at radius 3 is 2.30 bits per heavy atom. The van der Waals surface area contributed by atoms with Crippen LogP contribution in [0.15, 0.2) is 52.1 Å². The van der Waals surface area contributed by atoms with E-state index >= 15 is 0 Å². The van der Waals surface area contributed by atoms with Crippen LogP contribution in [0.3, 0.4) is 0 Å². The van der Waals surface area contributed by atoms with E-state index in [-0.39, 0.29) is 10.8 Å². The van der Waals surface area contributed by atoms with Gasteiger partial charge in [-0.05, 0) is 52.3 Å². The van der Waals surface area contributed by atoms with Gasteiger partial charge in [0.15, 0.2) is 9.84 Å². The number of carbonyl (C=O) groups is 1. The minimum Gasteiger partial charge on any atom is -0.321 e. The Hall–Kier alpha value is -1.73. The van der Waals surface area contributed by atoms with Gasteiger partial charge in [-0.15, -0.1) is 0 Å². The lowest BCUT2D eigenvalue weighted by Gasteiger charge is -2.05. The Bertz CT molecular complexity index is 725. The predicted octanol–water partition coefficient (Wildman–Crippen LogP) is 2.50. The van der Waals surface area contributed by atoms with Crippen molar-refractivity contribution < 1.29 is 13.2 Å². The number of amides is 1. The van der Waals surface area contributed by atoms with E-state index in [1.807, 2.05) is 0 Å². The molecule has 0 aliphatic rings. The van der Waals surface area contributed by atoms with Crippen LogP contribution in [0.5, 0.6) is 0 Å². The van der Waals surface area contributed by atoms with Gasteiger partial charge < -0.3 is 5.32 Å². The van der Waals surface area contributed by atoms with Gasteiger partial charge in [0, 0.05) is 11.8 Å². The quantitative estimate of drug-likeness (QED) is 0.859. The SMILES string of the molecule is CS(=O)(=O)c1ccc(C(=O)Nc2ccc(Br)nc2)cc1. The Morgan fingerprint density at radius 2 is 1.80 bits per heavy atom. The summed E-state index contributed by atoms with van der Waals surface area (Å²) in [6, 6.07) is 9.17. The Morgan fingerprint density at radius 1 is 1.15 bits per heavy atom. The van der Waals surface area contributed by atoms with Gasteiger partial charge in [0.2, 0.25) is 0 Å². The van der Waals surface area contributed by atoms with E-state index in [4.69, 9.17) is 0 Å². The monoisotopic (exact) mass is 354 g/mol. The minimum absolute atomic E-state index is 0.180. The molecule has 1 N–H and O–H groups in total. The summed E-state index contributed by atoms with van der Waals surface area (Å²) in [6.07, 6.45) is 2.64. The van der Waals surface area contributed by atoms with Gasteiger partial charge in [-0.1, -0.05) is 0 Å². The summed E-state index contributed by atoms with van der Waals surface area (Å²) in [7, 11) is -3.26. The first-order valence-corrected chi connectivity index (χ1v) is 8.28. The zero-order valence-corrected chi connectivity index (χ0v) is 12.9. The van der Waals surface area contributed by atoms with Gasteiger partial charge >= 0.3 is 0 Å². The lowest BCUT2D eigenvalue weighted by Crippen LogP contribution is -2.12. The fraction of sp³-hybridized carbons (Fsp3) is 0.0769. The van der Waals surface area contributed by atoms with E-state index in [1.54, 1.807) is 12.1 Å². The number of nitrogens with one attached hydrogen (secondary N) is 1. The molecule has 0 saturated carbocycles. The van der Waals surface area contributed by atoms with Gasteiger partial charge in [-0.2, -0.15) is 0 Å². The first-order valence-electron chi connectivity index (χ1n) is 5.59. The number of rotatable bonds is 3. The van der Waals surface area contributed by atoms with Crippen molar-refractivity contribution in [2.45, 2.75) is 4.90 Å². The highest BCUT2D eigenvalue weighted by Gasteiger charge is 2.10. The van der Waals surface area contributed by atoms with Crippen molar-refractivity contribution in [3.05, 3.63) is 52.8 Å². The second-order valence-electron chi connectivity index (χ2n) is 4.12. The summed E-state index contributed by atoms with van der Waals surface area (Å²) in [6.45, 7) is 0. The molecule has 20 heavy (non-hydrogen) atoms. The van der Waals surface area contributed by atoms with Crippen molar-refractivity contribution in [2.24, 2.45) is 0 Å². The molecule has 0 unspecified atom stereocenters. The van der Waals surface area contributed by atoms with Crippen molar-refractivity contribution in [1.82, 2.24) is 4.98 Å². The predicted molar refractivity (Wildman–Crippen MR) is 79.4 cm³/mol. The highest BCUT2D eigenvalue weighted by atomic mass is 79.9. The molecular formula is C13H11BrN2O3S. The van der Waals surface area contributed by atoms with Gasteiger partial charge in [-0.3, -0.25) is 4.79 Å². The second kappa shape index (κ2) is 5.72. The molecule has 0 aliphatic heterocycles. The molecule has 2 aromatic rings. The minimum atomic E-state index is -3.26. The van der Waals surface area contributed by atoms with Gasteiger partial charge in [0.1, 0.15) is 4.60 Å². The third-order valence-electron chi connectivity index (χ3n) is 2.53. The van der Waals surface area contributed by atoms with E-state index in [9.17, 15) is 13.2 Å². The lowest BCUT2D eigenvalue weighted by molar-refractivity contribution is 0.102. The molecule has 5 nitrogen and oxygen atoms in total. The molecule has 0 spiro atoms. The van der Waals surface area contributed by atoms with Crippen LogP contribution in [-0.4, -0.2) is 25.6 Å². The largest absolute Gasteiger partial charge is 0.321 e. The fourth-order valence-corrected chi connectivity index (χ4v) is 2.37. The summed E-state index contributed by atoms with van der Waals surface area (Å²) < 4.78 is 23.3. The average molecular weight is 355 g/mol. The van der Waals surface area contributed by atoms with Crippen LogP contribution in [0.25, 0.3) is 0 Å². The molecule has 1 aromatic heterocycles. The number of aromatic nitrogens is 1. The van der Waals surface area contributed by atoms with Crippen molar-refractivity contribution in [3.8, 4) is 0 Å². The molecule has 1 heterocycles. The maximum atomic E-state index is 12.0. The van der Waals surface area contributed by atoms with Gasteiger partial charge in [-0.25, -0.2) is 13.4 Å². The number of benzene rings is 1. The third kappa shape index (κ3) is 3.64. The molecule has 0 radical (unpaired) electrons. The molecule has 0 fully saturated rings. The highest BCUT2D eigenvalue weighted by molar-refractivity contribution is 9.10. The number of pyridine rings is 1. The summed E-state index contributed by atoms with van der Waals surface area (Å²) in [5.41, 5.74) is 0.936. The second-order valence-corrected chi connectivity index (χ2v) is 6.95. The number of hydrogen-bond donors (Lipinski definition) is 1. The molecule has 0 bridgehead atoms. The summed E-state index contributed by atoms with van der Waals surface area (Å²) in [5, 5.41) is 2.67. The number of anilines is 1. The molecular weight excluding hydrogens is 344 g/mol. The molecule has 0 atom stereocenters. The third-order valence-corrected chi connectivity index (χ3v) is 4.13. The summed E-state index contributed by atoms with van der Waals surface area (Å²) >= 11 is 3.20. The van der Waals surface area contributed by atoms with E-state index in [0.29, 0.717) is 15.9 Å².